The molecule has 2 aliphatic heterocycles. The Hall–Kier alpha value is -0.380. The largest absolute Gasteiger partial charge is 0.393 e. The van der Waals surface area contributed by atoms with Crippen LogP contribution in [0.1, 0.15) is 79.1 Å². The van der Waals surface area contributed by atoms with Crippen molar-refractivity contribution >= 4 is 0 Å². The molecule has 1 N–H and O–H groups in total. The average Bonchev–Trinajstić information content (AvgIpc) is 2.87. The topological polar surface area (TPSA) is 38.7 Å². The zero-order valence-electron chi connectivity index (χ0n) is 17.7. The van der Waals surface area contributed by atoms with E-state index < -0.39 is 0 Å². The molecule has 2 saturated carbocycles. The van der Waals surface area contributed by atoms with Crippen LogP contribution in [-0.2, 0) is 9.47 Å². The first-order valence-electron chi connectivity index (χ1n) is 11.5. The minimum absolute atomic E-state index is 0.126. The summed E-state index contributed by atoms with van der Waals surface area (Å²) in [5.74, 6) is 2.09. The summed E-state index contributed by atoms with van der Waals surface area (Å²) in [6.45, 7) is 10.5. The molecule has 0 aromatic heterocycles. The van der Waals surface area contributed by atoms with Crippen molar-refractivity contribution in [2.45, 2.75) is 97.1 Å². The lowest BCUT2D eigenvalue weighted by atomic mass is 9.48. The molecule has 2 saturated heterocycles. The van der Waals surface area contributed by atoms with E-state index in [9.17, 15) is 5.11 Å². The van der Waals surface area contributed by atoms with Crippen LogP contribution in [0.4, 0.5) is 0 Å². The van der Waals surface area contributed by atoms with E-state index in [1.54, 1.807) is 0 Å². The highest BCUT2D eigenvalue weighted by molar-refractivity contribution is 5.26. The number of rotatable bonds is 0. The van der Waals surface area contributed by atoms with Gasteiger partial charge in [0.05, 0.1) is 18.8 Å². The molecule has 1 spiro atoms. The molecule has 4 fully saturated rings. The highest BCUT2D eigenvalue weighted by Crippen LogP contribution is 2.66. The van der Waals surface area contributed by atoms with Gasteiger partial charge in [-0.25, -0.2) is 0 Å². The summed E-state index contributed by atoms with van der Waals surface area (Å²) in [5.41, 5.74) is 2.04. The SMILES string of the molecule is C[C@@H]1CC[C@@]2(OC1)O[C@H]1[C@H]3CC=C4C[C@@H](O)CC[C@]4(C)[C@@H]3CC[C@@]1(C)[C@H]2C. The second-order valence-corrected chi connectivity index (χ2v) is 11.1. The van der Waals surface area contributed by atoms with E-state index in [-0.39, 0.29) is 22.7 Å². The Bertz CT molecular complexity index is 634. The predicted octanol–water partition coefficient (Wildman–Crippen LogP) is 5.08. The Morgan fingerprint density at radius 3 is 2.63 bits per heavy atom. The van der Waals surface area contributed by atoms with Gasteiger partial charge in [-0.3, -0.25) is 0 Å². The number of allylic oxidation sites excluding steroid dienone is 1. The molecule has 0 aromatic carbocycles. The van der Waals surface area contributed by atoms with Gasteiger partial charge in [0.1, 0.15) is 0 Å². The Kier molecular flexibility index (Phi) is 4.18. The van der Waals surface area contributed by atoms with Gasteiger partial charge in [0.25, 0.3) is 0 Å². The van der Waals surface area contributed by atoms with E-state index in [4.69, 9.17) is 9.47 Å². The third-order valence-electron chi connectivity index (χ3n) is 9.76. The van der Waals surface area contributed by atoms with E-state index in [1.807, 2.05) is 0 Å². The number of aliphatic hydroxyl groups excluding tert-OH is 1. The lowest BCUT2D eigenvalue weighted by molar-refractivity contribution is -0.276. The molecular weight excluding hydrogens is 336 g/mol. The molecule has 9 atom stereocenters. The summed E-state index contributed by atoms with van der Waals surface area (Å²) in [6.07, 6.45) is 11.6. The van der Waals surface area contributed by atoms with E-state index in [0.717, 1.165) is 38.7 Å². The van der Waals surface area contributed by atoms with E-state index in [0.29, 0.717) is 29.8 Å². The van der Waals surface area contributed by atoms with Crippen molar-refractivity contribution in [3.8, 4) is 0 Å². The fourth-order valence-electron chi connectivity index (χ4n) is 7.66. The first-order valence-corrected chi connectivity index (χ1v) is 11.5. The average molecular weight is 375 g/mol. The summed E-state index contributed by atoms with van der Waals surface area (Å²) in [7, 11) is 0. The van der Waals surface area contributed by atoms with Gasteiger partial charge >= 0.3 is 0 Å². The van der Waals surface area contributed by atoms with Crippen molar-refractivity contribution in [1.82, 2.24) is 0 Å². The standard InChI is InChI=1S/C24H38O3/c1-15-7-12-24(26-14-15)16(2)22(3)11-9-20-19(21(22)27-24)6-5-17-13-18(25)8-10-23(17,20)4/h5,15-16,18-21,25H,6-14H2,1-4H3/t15-,16-,18+,19+,20-,21+,22+,23+,24-/m1/s1. The second-order valence-electron chi connectivity index (χ2n) is 11.1. The molecular formula is C24H38O3. The third kappa shape index (κ3) is 2.50. The zero-order valence-corrected chi connectivity index (χ0v) is 17.7. The molecule has 152 valence electrons. The van der Waals surface area contributed by atoms with Crippen LogP contribution in [0.25, 0.3) is 0 Å². The van der Waals surface area contributed by atoms with Crippen molar-refractivity contribution in [2.75, 3.05) is 6.61 Å². The van der Waals surface area contributed by atoms with Crippen molar-refractivity contribution in [2.24, 2.45) is 34.5 Å². The molecule has 3 nitrogen and oxygen atoms in total. The summed E-state index contributed by atoms with van der Waals surface area (Å²) in [5, 5.41) is 10.2. The quantitative estimate of drug-likeness (QED) is 0.601. The molecule has 0 radical (unpaired) electrons. The maximum Gasteiger partial charge on any atom is 0.171 e. The van der Waals surface area contributed by atoms with E-state index in [1.165, 1.54) is 24.8 Å². The summed E-state index contributed by atoms with van der Waals surface area (Å²) < 4.78 is 13.4. The van der Waals surface area contributed by atoms with Gasteiger partial charge in [-0.1, -0.05) is 39.3 Å². The number of aliphatic hydroxyl groups is 1. The fourth-order valence-corrected chi connectivity index (χ4v) is 7.66. The lowest BCUT2D eigenvalue weighted by Crippen LogP contribution is -2.52. The first kappa shape index (κ1) is 18.6. The van der Waals surface area contributed by atoms with Gasteiger partial charge in [0, 0.05) is 17.8 Å². The van der Waals surface area contributed by atoms with Crippen LogP contribution < -0.4 is 0 Å². The van der Waals surface area contributed by atoms with Crippen molar-refractivity contribution < 1.29 is 14.6 Å². The van der Waals surface area contributed by atoms with Crippen molar-refractivity contribution in [3.63, 3.8) is 0 Å². The smallest absolute Gasteiger partial charge is 0.171 e. The van der Waals surface area contributed by atoms with Crippen LogP contribution in [0.15, 0.2) is 11.6 Å². The number of hydrogen-bond acceptors (Lipinski definition) is 3. The number of fused-ring (bicyclic) bond motifs is 5. The summed E-state index contributed by atoms with van der Waals surface area (Å²) in [4.78, 5) is 0. The second kappa shape index (κ2) is 6.06. The summed E-state index contributed by atoms with van der Waals surface area (Å²) in [6, 6.07) is 0. The number of ether oxygens (including phenoxy) is 2. The normalized spacial score (nSPS) is 57.6. The Labute approximate surface area is 164 Å². The van der Waals surface area contributed by atoms with Crippen molar-refractivity contribution in [1.29, 1.82) is 0 Å². The van der Waals surface area contributed by atoms with Crippen molar-refractivity contribution in [3.05, 3.63) is 11.6 Å². The molecule has 3 heteroatoms. The lowest BCUT2D eigenvalue weighted by Gasteiger charge is -2.56. The molecule has 0 amide bonds. The highest BCUT2D eigenvalue weighted by Gasteiger charge is 2.66. The van der Waals surface area contributed by atoms with Gasteiger partial charge in [0.15, 0.2) is 5.79 Å². The Morgan fingerprint density at radius 2 is 1.89 bits per heavy atom. The predicted molar refractivity (Wildman–Crippen MR) is 106 cm³/mol. The van der Waals surface area contributed by atoms with Crippen LogP contribution >= 0.6 is 0 Å². The van der Waals surface area contributed by atoms with Gasteiger partial charge < -0.3 is 14.6 Å². The minimum atomic E-state index is -0.339. The third-order valence-corrected chi connectivity index (χ3v) is 9.76. The fraction of sp³-hybridized carbons (Fsp3) is 0.917. The van der Waals surface area contributed by atoms with Gasteiger partial charge in [-0.2, -0.15) is 0 Å². The highest BCUT2D eigenvalue weighted by atomic mass is 16.7. The molecule has 0 bridgehead atoms. The van der Waals surface area contributed by atoms with Crippen LogP contribution in [-0.4, -0.2) is 29.7 Å². The minimum Gasteiger partial charge on any atom is -0.393 e. The number of hydrogen-bond donors (Lipinski definition) is 1. The maximum absolute atomic E-state index is 10.2. The molecule has 0 unspecified atom stereocenters. The summed E-state index contributed by atoms with van der Waals surface area (Å²) >= 11 is 0. The maximum atomic E-state index is 10.2. The molecule has 3 aliphatic carbocycles. The molecule has 0 aromatic rings. The van der Waals surface area contributed by atoms with Crippen LogP contribution in [0, 0.1) is 34.5 Å². The molecule has 5 rings (SSSR count). The van der Waals surface area contributed by atoms with Crippen LogP contribution in [0.3, 0.4) is 0 Å². The van der Waals surface area contributed by atoms with Crippen LogP contribution in [0.5, 0.6) is 0 Å². The molecule has 27 heavy (non-hydrogen) atoms. The first-order chi connectivity index (χ1) is 12.8. The van der Waals surface area contributed by atoms with E-state index >= 15 is 0 Å². The van der Waals surface area contributed by atoms with Gasteiger partial charge in [-0.15, -0.1) is 0 Å². The van der Waals surface area contributed by atoms with E-state index in [2.05, 4.69) is 33.8 Å². The zero-order chi connectivity index (χ0) is 19.0. The van der Waals surface area contributed by atoms with Gasteiger partial charge in [-0.05, 0) is 68.1 Å². The monoisotopic (exact) mass is 374 g/mol. The van der Waals surface area contributed by atoms with Crippen LogP contribution in [0.2, 0.25) is 0 Å². The molecule has 2 heterocycles. The molecule has 5 aliphatic rings. The Morgan fingerprint density at radius 1 is 1.07 bits per heavy atom. The van der Waals surface area contributed by atoms with Gasteiger partial charge in [0.2, 0.25) is 0 Å². The Balaban J connectivity index is 1.46.